The van der Waals surface area contributed by atoms with Crippen molar-refractivity contribution in [3.05, 3.63) is 41.9 Å². The van der Waals surface area contributed by atoms with Gasteiger partial charge in [0.25, 0.3) is 5.91 Å². The number of piperidine rings is 1. The molecular formula is C20H22F3N3O6. The molecule has 2 aromatic heterocycles. The first-order chi connectivity index (χ1) is 15.1. The molecule has 0 radical (unpaired) electrons. The number of halogens is 3. The standard InChI is InChI=1S/C18H21N3O4.C2HF3O2/c1-13-9-15(25-20-13)17(22)21-8-4-6-18(12-21)10-14(11-23-18)24-16-5-2-3-7-19-16;3-2(4,5)1(6)7/h2-3,5,7,9,14H,4,6,8,10-12H2,1H3;(H,6,7)/t14-,18-;/m0./s1. The lowest BCUT2D eigenvalue weighted by atomic mass is 9.89. The van der Waals surface area contributed by atoms with Crippen LogP contribution in [0.15, 0.2) is 35.0 Å². The van der Waals surface area contributed by atoms with E-state index in [1.54, 1.807) is 24.1 Å². The number of ether oxygens (including phenoxy) is 2. The molecule has 2 fully saturated rings. The van der Waals surface area contributed by atoms with Gasteiger partial charge in [-0.15, -0.1) is 0 Å². The van der Waals surface area contributed by atoms with E-state index in [1.807, 2.05) is 18.2 Å². The topological polar surface area (TPSA) is 115 Å². The molecule has 2 aliphatic rings. The number of hydrogen-bond acceptors (Lipinski definition) is 7. The Labute approximate surface area is 181 Å². The van der Waals surface area contributed by atoms with Crippen LogP contribution in [-0.2, 0) is 9.53 Å². The summed E-state index contributed by atoms with van der Waals surface area (Å²) in [5.41, 5.74) is 0.360. The predicted molar refractivity (Wildman–Crippen MR) is 102 cm³/mol. The summed E-state index contributed by atoms with van der Waals surface area (Å²) in [5.74, 6) is -1.99. The fourth-order valence-corrected chi connectivity index (χ4v) is 3.64. The maximum atomic E-state index is 12.6. The number of carboxylic acids is 1. The van der Waals surface area contributed by atoms with E-state index in [0.29, 0.717) is 31.3 Å². The van der Waals surface area contributed by atoms with Gasteiger partial charge in [-0.05, 0) is 25.8 Å². The van der Waals surface area contributed by atoms with Gasteiger partial charge in [0, 0.05) is 31.3 Å². The summed E-state index contributed by atoms with van der Waals surface area (Å²) in [6.07, 6.45) is -0.842. The summed E-state index contributed by atoms with van der Waals surface area (Å²) in [4.78, 5) is 27.5. The Morgan fingerprint density at radius 2 is 2.09 bits per heavy atom. The first kappa shape index (κ1) is 23.5. The van der Waals surface area contributed by atoms with Crippen molar-refractivity contribution in [2.24, 2.45) is 0 Å². The zero-order chi connectivity index (χ0) is 23.4. The number of carboxylic acid groups (broad SMARTS) is 1. The van der Waals surface area contributed by atoms with E-state index in [4.69, 9.17) is 23.9 Å². The maximum absolute atomic E-state index is 12.6. The van der Waals surface area contributed by atoms with Crippen molar-refractivity contribution >= 4 is 11.9 Å². The zero-order valence-electron chi connectivity index (χ0n) is 17.2. The fraction of sp³-hybridized carbons (Fsp3) is 0.500. The van der Waals surface area contributed by atoms with E-state index < -0.39 is 12.1 Å². The van der Waals surface area contributed by atoms with Crippen LogP contribution < -0.4 is 4.74 Å². The van der Waals surface area contributed by atoms with Crippen LogP contribution in [0, 0.1) is 6.92 Å². The number of amides is 1. The highest BCUT2D eigenvalue weighted by Crippen LogP contribution is 2.36. The van der Waals surface area contributed by atoms with Crippen LogP contribution in [0.4, 0.5) is 13.2 Å². The molecule has 2 aliphatic heterocycles. The van der Waals surface area contributed by atoms with E-state index in [-0.39, 0.29) is 23.4 Å². The Morgan fingerprint density at radius 3 is 2.69 bits per heavy atom. The van der Waals surface area contributed by atoms with E-state index in [9.17, 15) is 18.0 Å². The van der Waals surface area contributed by atoms with Crippen LogP contribution >= 0.6 is 0 Å². The second kappa shape index (κ2) is 9.55. The van der Waals surface area contributed by atoms with Gasteiger partial charge in [-0.3, -0.25) is 4.79 Å². The summed E-state index contributed by atoms with van der Waals surface area (Å²) in [5, 5.41) is 10.9. The number of hydrogen-bond donors (Lipinski definition) is 1. The fourth-order valence-electron chi connectivity index (χ4n) is 3.64. The van der Waals surface area contributed by atoms with Gasteiger partial charge < -0.3 is 24.0 Å². The van der Waals surface area contributed by atoms with Gasteiger partial charge >= 0.3 is 12.1 Å². The third-order valence-electron chi connectivity index (χ3n) is 5.01. The monoisotopic (exact) mass is 457 g/mol. The molecule has 2 saturated heterocycles. The quantitative estimate of drug-likeness (QED) is 0.748. The Bertz CT molecular complexity index is 936. The van der Waals surface area contributed by atoms with Crippen LogP contribution in [0.1, 0.15) is 35.5 Å². The number of carbonyl (C=O) groups excluding carboxylic acids is 1. The predicted octanol–water partition coefficient (Wildman–Crippen LogP) is 2.85. The molecule has 0 unspecified atom stereocenters. The van der Waals surface area contributed by atoms with Crippen molar-refractivity contribution in [1.82, 2.24) is 15.0 Å². The van der Waals surface area contributed by atoms with Gasteiger partial charge in [0.1, 0.15) is 6.10 Å². The van der Waals surface area contributed by atoms with Gasteiger partial charge in [-0.1, -0.05) is 11.2 Å². The molecule has 0 aromatic carbocycles. The number of pyridine rings is 1. The number of alkyl halides is 3. The average Bonchev–Trinajstić information content (AvgIpc) is 3.34. The maximum Gasteiger partial charge on any atom is 0.490 e. The van der Waals surface area contributed by atoms with Crippen LogP contribution in [0.5, 0.6) is 5.88 Å². The minimum Gasteiger partial charge on any atom is -0.475 e. The van der Waals surface area contributed by atoms with E-state index in [1.165, 1.54) is 0 Å². The smallest absolute Gasteiger partial charge is 0.475 e. The first-order valence-corrected chi connectivity index (χ1v) is 9.82. The second-order valence-corrected chi connectivity index (χ2v) is 7.57. The Kier molecular flexibility index (Phi) is 7.02. The molecule has 0 aliphatic carbocycles. The Balaban J connectivity index is 0.000000360. The van der Waals surface area contributed by atoms with Crippen molar-refractivity contribution < 1.29 is 41.9 Å². The summed E-state index contributed by atoms with van der Waals surface area (Å²) in [6.45, 7) is 3.57. The SMILES string of the molecule is Cc1cc(C(=O)N2CCC[C@]3(C[C@H](Oc4ccccn4)CO3)C2)on1.O=C(O)C(F)(F)F. The van der Waals surface area contributed by atoms with Gasteiger partial charge in [0.15, 0.2) is 0 Å². The summed E-state index contributed by atoms with van der Waals surface area (Å²) in [7, 11) is 0. The van der Waals surface area contributed by atoms with Gasteiger partial charge in [0.2, 0.25) is 11.6 Å². The van der Waals surface area contributed by atoms with Crippen LogP contribution in [0.3, 0.4) is 0 Å². The molecule has 174 valence electrons. The number of carbonyl (C=O) groups is 2. The molecule has 1 N–H and O–H groups in total. The third kappa shape index (κ3) is 5.96. The lowest BCUT2D eigenvalue weighted by Gasteiger charge is -2.39. The minimum atomic E-state index is -5.08. The van der Waals surface area contributed by atoms with E-state index in [2.05, 4.69) is 10.1 Å². The zero-order valence-corrected chi connectivity index (χ0v) is 17.2. The molecule has 2 aromatic rings. The van der Waals surface area contributed by atoms with Crippen LogP contribution in [0.25, 0.3) is 0 Å². The van der Waals surface area contributed by atoms with Crippen LogP contribution in [-0.4, -0.2) is 69.6 Å². The lowest BCUT2D eigenvalue weighted by molar-refractivity contribution is -0.192. The molecule has 2 atom stereocenters. The lowest BCUT2D eigenvalue weighted by Crippen LogP contribution is -2.50. The van der Waals surface area contributed by atoms with E-state index in [0.717, 1.165) is 19.3 Å². The molecule has 1 spiro atoms. The van der Waals surface area contributed by atoms with Crippen molar-refractivity contribution in [3.8, 4) is 5.88 Å². The summed E-state index contributed by atoms with van der Waals surface area (Å²) < 4.78 is 48.9. The van der Waals surface area contributed by atoms with Gasteiger partial charge in [0.05, 0.1) is 24.4 Å². The molecule has 4 rings (SSSR count). The summed E-state index contributed by atoms with van der Waals surface area (Å²) in [6, 6.07) is 7.27. The highest BCUT2D eigenvalue weighted by Gasteiger charge is 2.46. The number of aryl methyl sites for hydroxylation is 1. The number of aliphatic carboxylic acids is 1. The number of aromatic nitrogens is 2. The minimum absolute atomic E-state index is 0.0440. The first-order valence-electron chi connectivity index (χ1n) is 9.82. The molecule has 32 heavy (non-hydrogen) atoms. The largest absolute Gasteiger partial charge is 0.490 e. The number of likely N-dealkylation sites (tertiary alicyclic amines) is 1. The highest BCUT2D eigenvalue weighted by atomic mass is 19.4. The second-order valence-electron chi connectivity index (χ2n) is 7.57. The van der Waals surface area contributed by atoms with E-state index >= 15 is 0 Å². The molecule has 1 amide bonds. The molecule has 0 bridgehead atoms. The average molecular weight is 457 g/mol. The van der Waals surface area contributed by atoms with Crippen molar-refractivity contribution in [1.29, 1.82) is 0 Å². The Morgan fingerprint density at radius 1 is 1.34 bits per heavy atom. The molecule has 12 heteroatoms. The number of nitrogens with zero attached hydrogens (tertiary/aromatic N) is 3. The number of rotatable bonds is 3. The molecular weight excluding hydrogens is 435 g/mol. The van der Waals surface area contributed by atoms with Crippen molar-refractivity contribution in [3.63, 3.8) is 0 Å². The van der Waals surface area contributed by atoms with Gasteiger partial charge in [-0.2, -0.15) is 13.2 Å². The molecule has 4 heterocycles. The Hall–Kier alpha value is -3.15. The highest BCUT2D eigenvalue weighted by molar-refractivity contribution is 5.91. The van der Waals surface area contributed by atoms with Gasteiger partial charge in [-0.25, -0.2) is 9.78 Å². The summed E-state index contributed by atoms with van der Waals surface area (Å²) >= 11 is 0. The molecule has 0 saturated carbocycles. The van der Waals surface area contributed by atoms with Crippen LogP contribution in [0.2, 0.25) is 0 Å². The van der Waals surface area contributed by atoms with Crippen molar-refractivity contribution in [2.45, 2.75) is 44.1 Å². The molecule has 9 nitrogen and oxygen atoms in total. The van der Waals surface area contributed by atoms with Crippen molar-refractivity contribution in [2.75, 3.05) is 19.7 Å². The third-order valence-corrected chi connectivity index (χ3v) is 5.01. The normalized spacial score (nSPS) is 22.9.